The molecule has 0 amide bonds. The molecular weight excluding hydrogens is 314 g/mol. The van der Waals surface area contributed by atoms with E-state index >= 15 is 0 Å². The number of ether oxygens (including phenoxy) is 2. The molecule has 1 fully saturated rings. The number of methoxy groups -OCH3 is 1. The summed E-state index contributed by atoms with van der Waals surface area (Å²) in [5, 5.41) is 0.416. The van der Waals surface area contributed by atoms with Gasteiger partial charge in [-0.1, -0.05) is 17.7 Å². The Balaban J connectivity index is 1.89. The number of ketones is 1. The number of benzene rings is 1. The molecule has 1 aromatic heterocycles. The van der Waals surface area contributed by atoms with Crippen molar-refractivity contribution in [1.29, 1.82) is 0 Å². The zero-order chi connectivity index (χ0) is 16.4. The number of pyridine rings is 1. The SMILES string of the molecule is CCOc1ccc(C(=O)c2ccc(C3CC3)c(OC)n2)cc1Cl. The third kappa shape index (κ3) is 3.32. The van der Waals surface area contributed by atoms with Crippen LogP contribution in [0.3, 0.4) is 0 Å². The Kier molecular flexibility index (Phi) is 4.53. The van der Waals surface area contributed by atoms with Crippen molar-refractivity contribution in [3.63, 3.8) is 0 Å². The van der Waals surface area contributed by atoms with E-state index in [4.69, 9.17) is 21.1 Å². The molecule has 4 nitrogen and oxygen atoms in total. The van der Waals surface area contributed by atoms with E-state index in [-0.39, 0.29) is 5.78 Å². The minimum absolute atomic E-state index is 0.185. The zero-order valence-corrected chi connectivity index (χ0v) is 13.9. The minimum Gasteiger partial charge on any atom is -0.492 e. The number of rotatable bonds is 6. The van der Waals surface area contributed by atoms with Crippen LogP contribution in [-0.2, 0) is 0 Å². The van der Waals surface area contributed by atoms with Crippen LogP contribution in [0.2, 0.25) is 5.02 Å². The first-order valence-electron chi connectivity index (χ1n) is 7.66. The van der Waals surface area contributed by atoms with Crippen LogP contribution in [0.5, 0.6) is 11.6 Å². The van der Waals surface area contributed by atoms with Gasteiger partial charge in [0, 0.05) is 11.1 Å². The molecular formula is C18H18ClNO3. The fourth-order valence-electron chi connectivity index (χ4n) is 2.51. The first-order valence-corrected chi connectivity index (χ1v) is 8.03. The molecule has 0 bridgehead atoms. The smallest absolute Gasteiger partial charge is 0.217 e. The van der Waals surface area contributed by atoms with E-state index in [1.54, 1.807) is 31.4 Å². The molecule has 5 heteroatoms. The minimum atomic E-state index is -0.185. The molecule has 1 aromatic carbocycles. The first kappa shape index (κ1) is 15.8. The van der Waals surface area contributed by atoms with Crippen LogP contribution in [0.4, 0.5) is 0 Å². The Morgan fingerprint density at radius 3 is 2.70 bits per heavy atom. The van der Waals surface area contributed by atoms with Crippen LogP contribution in [0.15, 0.2) is 30.3 Å². The second-order valence-corrected chi connectivity index (χ2v) is 5.88. The van der Waals surface area contributed by atoms with E-state index < -0.39 is 0 Å². The first-order chi connectivity index (χ1) is 11.1. The summed E-state index contributed by atoms with van der Waals surface area (Å²) in [7, 11) is 1.58. The molecule has 0 unspecified atom stereocenters. The lowest BCUT2D eigenvalue weighted by Crippen LogP contribution is -2.07. The lowest BCUT2D eigenvalue weighted by molar-refractivity contribution is 0.103. The largest absolute Gasteiger partial charge is 0.492 e. The highest BCUT2D eigenvalue weighted by Crippen LogP contribution is 2.43. The number of carbonyl (C=O) groups excluding carboxylic acids is 1. The van der Waals surface area contributed by atoms with Gasteiger partial charge in [0.2, 0.25) is 11.7 Å². The Labute approximate surface area is 140 Å². The monoisotopic (exact) mass is 331 g/mol. The molecule has 0 saturated heterocycles. The van der Waals surface area contributed by atoms with Crippen molar-refractivity contribution in [3.8, 4) is 11.6 Å². The highest BCUT2D eigenvalue weighted by Gasteiger charge is 2.28. The van der Waals surface area contributed by atoms with E-state index in [0.717, 1.165) is 18.4 Å². The second-order valence-electron chi connectivity index (χ2n) is 5.48. The molecule has 0 N–H and O–H groups in total. The van der Waals surface area contributed by atoms with Gasteiger partial charge in [-0.2, -0.15) is 0 Å². The summed E-state index contributed by atoms with van der Waals surface area (Å²) < 4.78 is 10.7. The molecule has 0 spiro atoms. The summed E-state index contributed by atoms with van der Waals surface area (Å²) >= 11 is 6.15. The van der Waals surface area contributed by atoms with E-state index in [1.165, 1.54) is 0 Å². The van der Waals surface area contributed by atoms with Gasteiger partial charge in [0.1, 0.15) is 11.4 Å². The summed E-state index contributed by atoms with van der Waals surface area (Å²) in [5.41, 5.74) is 1.91. The van der Waals surface area contributed by atoms with Crippen molar-refractivity contribution in [3.05, 3.63) is 52.2 Å². The standard InChI is InChI=1S/C18H18ClNO3/c1-3-23-16-9-6-12(10-14(16)19)17(21)15-8-7-13(11-4-5-11)18(20-15)22-2/h6-11H,3-5H2,1-2H3. The van der Waals surface area contributed by atoms with Gasteiger partial charge in [0.05, 0.1) is 18.7 Å². The van der Waals surface area contributed by atoms with Crippen molar-refractivity contribution in [2.45, 2.75) is 25.7 Å². The van der Waals surface area contributed by atoms with Crippen LogP contribution in [0, 0.1) is 0 Å². The number of aromatic nitrogens is 1. The van der Waals surface area contributed by atoms with E-state index in [0.29, 0.717) is 40.4 Å². The van der Waals surface area contributed by atoms with Gasteiger partial charge in [-0.05, 0) is 49.9 Å². The molecule has 120 valence electrons. The van der Waals surface area contributed by atoms with Crippen LogP contribution in [0.25, 0.3) is 0 Å². The Bertz CT molecular complexity index is 741. The summed E-state index contributed by atoms with van der Waals surface area (Å²) in [6.45, 7) is 2.40. The maximum absolute atomic E-state index is 12.6. The molecule has 0 aliphatic heterocycles. The maximum Gasteiger partial charge on any atom is 0.217 e. The van der Waals surface area contributed by atoms with Crippen molar-refractivity contribution < 1.29 is 14.3 Å². The second kappa shape index (κ2) is 6.59. The number of hydrogen-bond acceptors (Lipinski definition) is 4. The molecule has 1 saturated carbocycles. The van der Waals surface area contributed by atoms with Gasteiger partial charge in [0.25, 0.3) is 0 Å². The van der Waals surface area contributed by atoms with E-state index in [9.17, 15) is 4.79 Å². The van der Waals surface area contributed by atoms with Crippen molar-refractivity contribution >= 4 is 17.4 Å². The summed E-state index contributed by atoms with van der Waals surface area (Å²) in [4.78, 5) is 17.0. The van der Waals surface area contributed by atoms with Crippen molar-refractivity contribution in [1.82, 2.24) is 4.98 Å². The average Bonchev–Trinajstić information content (AvgIpc) is 3.40. The Morgan fingerprint density at radius 2 is 2.09 bits per heavy atom. The molecule has 1 aliphatic carbocycles. The van der Waals surface area contributed by atoms with Gasteiger partial charge in [-0.3, -0.25) is 4.79 Å². The third-order valence-corrected chi connectivity index (χ3v) is 4.12. The molecule has 23 heavy (non-hydrogen) atoms. The van der Waals surface area contributed by atoms with Crippen molar-refractivity contribution in [2.24, 2.45) is 0 Å². The van der Waals surface area contributed by atoms with E-state index in [2.05, 4.69) is 4.98 Å². The van der Waals surface area contributed by atoms with E-state index in [1.807, 2.05) is 13.0 Å². The number of halogens is 1. The molecule has 3 rings (SSSR count). The lowest BCUT2D eigenvalue weighted by Gasteiger charge is -2.10. The summed E-state index contributed by atoms with van der Waals surface area (Å²) in [6, 6.07) is 8.70. The lowest BCUT2D eigenvalue weighted by atomic mass is 10.1. The predicted molar refractivity (Wildman–Crippen MR) is 88.8 cm³/mol. The Hall–Kier alpha value is -2.07. The van der Waals surface area contributed by atoms with Gasteiger partial charge in [-0.25, -0.2) is 4.98 Å². The number of nitrogens with zero attached hydrogens (tertiary/aromatic N) is 1. The van der Waals surface area contributed by atoms with Gasteiger partial charge in [-0.15, -0.1) is 0 Å². The van der Waals surface area contributed by atoms with Crippen LogP contribution in [-0.4, -0.2) is 24.5 Å². The molecule has 0 atom stereocenters. The summed E-state index contributed by atoms with van der Waals surface area (Å²) in [5.74, 6) is 1.44. The number of carbonyl (C=O) groups is 1. The van der Waals surface area contributed by atoms with Crippen molar-refractivity contribution in [2.75, 3.05) is 13.7 Å². The topological polar surface area (TPSA) is 48.4 Å². The average molecular weight is 332 g/mol. The fraction of sp³-hybridized carbons (Fsp3) is 0.333. The van der Waals surface area contributed by atoms with Crippen LogP contribution < -0.4 is 9.47 Å². The highest BCUT2D eigenvalue weighted by atomic mass is 35.5. The zero-order valence-electron chi connectivity index (χ0n) is 13.1. The normalized spacial score (nSPS) is 13.7. The van der Waals surface area contributed by atoms with Gasteiger partial charge >= 0.3 is 0 Å². The van der Waals surface area contributed by atoms with Gasteiger partial charge < -0.3 is 9.47 Å². The highest BCUT2D eigenvalue weighted by molar-refractivity contribution is 6.32. The predicted octanol–water partition coefficient (Wildman–Crippen LogP) is 4.25. The Morgan fingerprint density at radius 1 is 1.30 bits per heavy atom. The molecule has 1 heterocycles. The summed E-state index contributed by atoms with van der Waals surface area (Å²) in [6.07, 6.45) is 2.31. The molecule has 1 aliphatic rings. The fourth-order valence-corrected chi connectivity index (χ4v) is 2.74. The third-order valence-electron chi connectivity index (χ3n) is 3.83. The number of hydrogen-bond donors (Lipinski definition) is 0. The molecule has 2 aromatic rings. The quantitative estimate of drug-likeness (QED) is 0.742. The van der Waals surface area contributed by atoms with Gasteiger partial charge in [0.15, 0.2) is 0 Å². The molecule has 0 radical (unpaired) electrons. The van der Waals surface area contributed by atoms with Crippen LogP contribution in [0.1, 0.15) is 47.3 Å². The maximum atomic E-state index is 12.6. The van der Waals surface area contributed by atoms with Crippen LogP contribution >= 0.6 is 11.6 Å².